The first kappa shape index (κ1) is 14.4. The van der Waals surface area contributed by atoms with Crippen LogP contribution in [-0.4, -0.2) is 36.4 Å². The van der Waals surface area contributed by atoms with Crippen molar-refractivity contribution in [2.24, 2.45) is 0 Å². The number of methoxy groups -OCH3 is 1. The number of hydrogen-bond donors (Lipinski definition) is 1. The molecule has 0 bridgehead atoms. The van der Waals surface area contributed by atoms with Gasteiger partial charge in [0.25, 0.3) is 0 Å². The van der Waals surface area contributed by atoms with Gasteiger partial charge in [-0.2, -0.15) is 0 Å². The summed E-state index contributed by atoms with van der Waals surface area (Å²) in [5.41, 5.74) is 0.0513. The monoisotopic (exact) mass is 228 g/mol. The van der Waals surface area contributed by atoms with Crippen molar-refractivity contribution in [3.63, 3.8) is 0 Å². The van der Waals surface area contributed by atoms with E-state index >= 15 is 0 Å². The zero-order valence-electron chi connectivity index (χ0n) is 9.65. The minimum atomic E-state index is -1.13. The highest BCUT2D eigenvalue weighted by Gasteiger charge is 2.28. The molecule has 1 N–H and O–H groups in total. The Bertz CT molecular complexity index is 316. The van der Waals surface area contributed by atoms with E-state index in [4.69, 9.17) is 4.74 Å². The third-order valence-electron chi connectivity index (χ3n) is 1.81. The van der Waals surface area contributed by atoms with Gasteiger partial charge in [0, 0.05) is 5.57 Å². The molecule has 2 unspecified atom stereocenters. The van der Waals surface area contributed by atoms with Gasteiger partial charge in [0.1, 0.15) is 0 Å². The number of rotatable bonds is 5. The molecule has 0 aromatic rings. The third-order valence-corrected chi connectivity index (χ3v) is 1.81. The van der Waals surface area contributed by atoms with E-state index in [1.807, 2.05) is 0 Å². The van der Waals surface area contributed by atoms with Crippen molar-refractivity contribution in [3.05, 3.63) is 24.3 Å². The van der Waals surface area contributed by atoms with Gasteiger partial charge >= 0.3 is 11.9 Å². The average molecular weight is 228 g/mol. The minimum Gasteiger partial charge on any atom is -0.466 e. The van der Waals surface area contributed by atoms with Crippen molar-refractivity contribution in [3.8, 4) is 0 Å². The molecular formula is C11H16O5. The van der Waals surface area contributed by atoms with Crippen LogP contribution in [0, 0.1) is 0 Å². The Morgan fingerprint density at radius 3 is 2.06 bits per heavy atom. The van der Waals surface area contributed by atoms with Crippen molar-refractivity contribution in [1.29, 1.82) is 0 Å². The lowest BCUT2D eigenvalue weighted by molar-refractivity contribution is -0.149. The summed E-state index contributed by atoms with van der Waals surface area (Å²) in [4.78, 5) is 22.4. The summed E-state index contributed by atoms with van der Waals surface area (Å²) in [6, 6.07) is 0. The topological polar surface area (TPSA) is 72.8 Å². The lowest BCUT2D eigenvalue weighted by Crippen LogP contribution is -2.34. The quantitative estimate of drug-likeness (QED) is 0.550. The Hall–Kier alpha value is -1.62. The van der Waals surface area contributed by atoms with Crippen molar-refractivity contribution in [1.82, 2.24) is 0 Å². The first-order chi connectivity index (χ1) is 7.31. The summed E-state index contributed by atoms with van der Waals surface area (Å²) in [5, 5.41) is 9.38. The van der Waals surface area contributed by atoms with E-state index < -0.39 is 24.1 Å². The van der Waals surface area contributed by atoms with Crippen LogP contribution in [-0.2, 0) is 19.1 Å². The van der Waals surface area contributed by atoms with Crippen LogP contribution in [0.15, 0.2) is 24.3 Å². The number of ether oxygens (including phenoxy) is 2. The summed E-state index contributed by atoms with van der Waals surface area (Å²) in [7, 11) is 1.17. The highest BCUT2D eigenvalue weighted by atomic mass is 16.6. The molecule has 0 aliphatic rings. The summed E-state index contributed by atoms with van der Waals surface area (Å²) in [5.74, 6) is -1.43. The van der Waals surface area contributed by atoms with E-state index in [9.17, 15) is 14.7 Å². The molecule has 0 aromatic heterocycles. The first-order valence-corrected chi connectivity index (χ1v) is 4.63. The normalized spacial score (nSPS) is 13.5. The van der Waals surface area contributed by atoms with Crippen molar-refractivity contribution >= 4 is 11.9 Å². The summed E-state index contributed by atoms with van der Waals surface area (Å²) in [6.45, 7) is 9.65. The van der Waals surface area contributed by atoms with Gasteiger partial charge in [-0.25, -0.2) is 9.59 Å². The van der Waals surface area contributed by atoms with Crippen LogP contribution in [0.5, 0.6) is 0 Å². The maximum Gasteiger partial charge on any atom is 0.337 e. The fourth-order valence-corrected chi connectivity index (χ4v) is 0.924. The lowest BCUT2D eigenvalue weighted by atomic mass is 10.1. The van der Waals surface area contributed by atoms with E-state index in [0.717, 1.165) is 0 Å². The molecule has 16 heavy (non-hydrogen) atoms. The summed E-state index contributed by atoms with van der Waals surface area (Å²) < 4.78 is 9.29. The standard InChI is InChI=1S/C11H16O5/c1-6(2)10(13)16-9(8(4)12)7(3)11(14)15-5/h8-9,12H,1,3H2,2,4-5H3. The van der Waals surface area contributed by atoms with E-state index in [-0.39, 0.29) is 11.1 Å². The molecule has 0 heterocycles. The number of carbonyl (C=O) groups is 2. The van der Waals surface area contributed by atoms with Crippen LogP contribution < -0.4 is 0 Å². The van der Waals surface area contributed by atoms with Gasteiger partial charge in [-0.05, 0) is 13.8 Å². The highest BCUT2D eigenvalue weighted by molar-refractivity contribution is 5.91. The van der Waals surface area contributed by atoms with Gasteiger partial charge < -0.3 is 14.6 Å². The van der Waals surface area contributed by atoms with Crippen LogP contribution >= 0.6 is 0 Å². The largest absolute Gasteiger partial charge is 0.466 e. The zero-order valence-corrected chi connectivity index (χ0v) is 9.65. The predicted molar refractivity (Wildman–Crippen MR) is 57.5 cm³/mol. The Kier molecular flexibility index (Phi) is 5.46. The second-order valence-corrected chi connectivity index (χ2v) is 3.36. The van der Waals surface area contributed by atoms with Crippen LogP contribution in [0.25, 0.3) is 0 Å². The molecule has 0 spiro atoms. The van der Waals surface area contributed by atoms with Crippen LogP contribution in [0.4, 0.5) is 0 Å². The van der Waals surface area contributed by atoms with E-state index in [2.05, 4.69) is 17.9 Å². The molecule has 0 radical (unpaired) electrons. The molecular weight excluding hydrogens is 212 g/mol. The SMILES string of the molecule is C=C(C)C(=O)OC(C(=C)C(=O)OC)C(C)O. The van der Waals surface area contributed by atoms with Crippen molar-refractivity contribution in [2.45, 2.75) is 26.1 Å². The second kappa shape index (κ2) is 6.07. The van der Waals surface area contributed by atoms with Crippen molar-refractivity contribution in [2.75, 3.05) is 7.11 Å². The smallest absolute Gasteiger partial charge is 0.337 e. The first-order valence-electron chi connectivity index (χ1n) is 4.63. The van der Waals surface area contributed by atoms with E-state index in [0.29, 0.717) is 0 Å². The van der Waals surface area contributed by atoms with Gasteiger partial charge in [-0.15, -0.1) is 0 Å². The molecule has 0 amide bonds. The highest BCUT2D eigenvalue weighted by Crippen LogP contribution is 2.13. The summed E-state index contributed by atoms with van der Waals surface area (Å²) >= 11 is 0. The third kappa shape index (κ3) is 3.86. The molecule has 0 rings (SSSR count). The van der Waals surface area contributed by atoms with E-state index in [1.165, 1.54) is 21.0 Å². The number of esters is 2. The van der Waals surface area contributed by atoms with Gasteiger partial charge in [-0.1, -0.05) is 13.2 Å². The molecule has 5 heteroatoms. The number of aliphatic hydroxyl groups is 1. The number of aliphatic hydroxyl groups excluding tert-OH is 1. The Balaban J connectivity index is 4.76. The molecule has 0 saturated heterocycles. The van der Waals surface area contributed by atoms with Crippen LogP contribution in [0.3, 0.4) is 0 Å². The van der Waals surface area contributed by atoms with Gasteiger partial charge in [0.15, 0.2) is 6.10 Å². The molecule has 0 fully saturated rings. The Morgan fingerprint density at radius 2 is 1.75 bits per heavy atom. The van der Waals surface area contributed by atoms with Gasteiger partial charge in [-0.3, -0.25) is 0 Å². The predicted octanol–water partition coefficient (Wildman–Crippen LogP) is 0.584. The second-order valence-electron chi connectivity index (χ2n) is 3.36. The van der Waals surface area contributed by atoms with Gasteiger partial charge in [0.05, 0.1) is 18.8 Å². The minimum absolute atomic E-state index is 0.118. The Morgan fingerprint density at radius 1 is 1.25 bits per heavy atom. The fourth-order valence-electron chi connectivity index (χ4n) is 0.924. The number of carbonyl (C=O) groups excluding carboxylic acids is 2. The lowest BCUT2D eigenvalue weighted by Gasteiger charge is -2.21. The molecule has 90 valence electrons. The number of hydrogen-bond acceptors (Lipinski definition) is 5. The van der Waals surface area contributed by atoms with E-state index in [1.54, 1.807) is 0 Å². The van der Waals surface area contributed by atoms with Gasteiger partial charge in [0.2, 0.25) is 0 Å². The maximum atomic E-state index is 11.2. The zero-order chi connectivity index (χ0) is 12.9. The van der Waals surface area contributed by atoms with Crippen LogP contribution in [0.1, 0.15) is 13.8 Å². The average Bonchev–Trinajstić information content (AvgIpc) is 2.22. The van der Waals surface area contributed by atoms with Crippen molar-refractivity contribution < 1.29 is 24.2 Å². The molecule has 0 aliphatic heterocycles. The molecule has 5 nitrogen and oxygen atoms in total. The maximum absolute atomic E-state index is 11.2. The fraction of sp³-hybridized carbons (Fsp3) is 0.455. The van der Waals surface area contributed by atoms with Crippen LogP contribution in [0.2, 0.25) is 0 Å². The molecule has 0 aliphatic carbocycles. The molecule has 0 aromatic carbocycles. The summed E-state index contributed by atoms with van der Waals surface area (Å²) in [6.07, 6.45) is -2.19. The molecule has 2 atom stereocenters. The Labute approximate surface area is 94.4 Å². The molecule has 0 saturated carbocycles.